The Labute approximate surface area is 110 Å². The van der Waals surface area contributed by atoms with Crippen molar-refractivity contribution in [2.75, 3.05) is 7.11 Å². The van der Waals surface area contributed by atoms with Gasteiger partial charge in [-0.05, 0) is 19.9 Å². The number of nitrogens with zero attached hydrogens (tertiary/aromatic N) is 1. The number of hydrogen-bond acceptors (Lipinski definition) is 6. The number of methoxy groups -OCH3 is 1. The van der Waals surface area contributed by atoms with Crippen molar-refractivity contribution in [1.29, 1.82) is 0 Å². The number of ether oxygens (including phenoxy) is 2. The van der Waals surface area contributed by atoms with Gasteiger partial charge in [-0.2, -0.15) is 0 Å². The van der Waals surface area contributed by atoms with Gasteiger partial charge in [0.25, 0.3) is 0 Å². The van der Waals surface area contributed by atoms with E-state index in [1.54, 1.807) is 13.8 Å². The van der Waals surface area contributed by atoms with Gasteiger partial charge in [0.1, 0.15) is 17.5 Å². The smallest absolute Gasteiger partial charge is 0.314 e. The Kier molecular flexibility index (Phi) is 3.11. The van der Waals surface area contributed by atoms with E-state index in [9.17, 15) is 15.2 Å². The standard InChI is InChI=1S/C12H16N2O5/c1-12(2)11(15)10(13)6-4-9(18-3)7(14(16)17)5-8(6)19-12/h4-5,10-11,15H,13H2,1-3H3/t10-,11?/m0/s1. The van der Waals surface area contributed by atoms with Gasteiger partial charge < -0.3 is 20.3 Å². The summed E-state index contributed by atoms with van der Waals surface area (Å²) in [5.41, 5.74) is 5.35. The number of aliphatic hydroxyl groups is 1. The molecule has 3 N–H and O–H groups in total. The summed E-state index contributed by atoms with van der Waals surface area (Å²) in [6.07, 6.45) is -0.911. The molecule has 1 heterocycles. The molecule has 2 atom stereocenters. The number of aliphatic hydroxyl groups excluding tert-OH is 1. The zero-order valence-corrected chi connectivity index (χ0v) is 10.9. The van der Waals surface area contributed by atoms with Gasteiger partial charge in [-0.3, -0.25) is 10.1 Å². The van der Waals surface area contributed by atoms with Crippen LogP contribution in [0.15, 0.2) is 12.1 Å². The van der Waals surface area contributed by atoms with Crippen molar-refractivity contribution < 1.29 is 19.5 Å². The van der Waals surface area contributed by atoms with Crippen molar-refractivity contribution in [3.63, 3.8) is 0 Å². The fourth-order valence-electron chi connectivity index (χ4n) is 2.17. The van der Waals surface area contributed by atoms with Crippen molar-refractivity contribution in [1.82, 2.24) is 0 Å². The van der Waals surface area contributed by atoms with E-state index in [-0.39, 0.29) is 11.4 Å². The number of nitro benzene ring substituents is 1. The van der Waals surface area contributed by atoms with E-state index in [0.29, 0.717) is 11.3 Å². The lowest BCUT2D eigenvalue weighted by atomic mass is 9.87. The third-order valence-corrected chi connectivity index (χ3v) is 3.29. The highest BCUT2D eigenvalue weighted by atomic mass is 16.6. The van der Waals surface area contributed by atoms with E-state index in [0.717, 1.165) is 0 Å². The Morgan fingerprint density at radius 2 is 2.16 bits per heavy atom. The Hall–Kier alpha value is -1.86. The lowest BCUT2D eigenvalue weighted by Gasteiger charge is -2.40. The molecule has 1 aromatic rings. The average Bonchev–Trinajstić information content (AvgIpc) is 2.34. The second-order valence-corrected chi connectivity index (χ2v) is 5.00. The van der Waals surface area contributed by atoms with Gasteiger partial charge in [-0.1, -0.05) is 0 Å². The van der Waals surface area contributed by atoms with Gasteiger partial charge in [-0.15, -0.1) is 0 Å². The van der Waals surface area contributed by atoms with Crippen LogP contribution in [0.3, 0.4) is 0 Å². The molecule has 0 saturated heterocycles. The molecule has 1 aromatic carbocycles. The first-order valence-electron chi connectivity index (χ1n) is 5.77. The van der Waals surface area contributed by atoms with E-state index < -0.39 is 22.7 Å². The second kappa shape index (κ2) is 4.36. The zero-order valence-electron chi connectivity index (χ0n) is 10.9. The van der Waals surface area contributed by atoms with E-state index in [1.807, 2.05) is 0 Å². The number of rotatable bonds is 2. The fourth-order valence-corrected chi connectivity index (χ4v) is 2.17. The summed E-state index contributed by atoms with van der Waals surface area (Å²) in [7, 11) is 1.34. The SMILES string of the molecule is COc1cc2c(cc1[N+](=O)[O-])OC(C)(C)C(O)[C@H]2N. The molecule has 0 saturated carbocycles. The first-order valence-corrected chi connectivity index (χ1v) is 5.77. The molecule has 0 aromatic heterocycles. The van der Waals surface area contributed by atoms with Crippen molar-refractivity contribution >= 4 is 5.69 Å². The number of fused-ring (bicyclic) bond motifs is 1. The molecular weight excluding hydrogens is 252 g/mol. The molecule has 2 rings (SSSR count). The first-order chi connectivity index (χ1) is 8.77. The van der Waals surface area contributed by atoms with Gasteiger partial charge >= 0.3 is 5.69 Å². The molecule has 0 bridgehead atoms. The number of nitro groups is 1. The van der Waals surface area contributed by atoms with Crippen molar-refractivity contribution in [2.24, 2.45) is 5.73 Å². The lowest BCUT2D eigenvalue weighted by Crippen LogP contribution is -2.51. The summed E-state index contributed by atoms with van der Waals surface area (Å²) in [6, 6.07) is 2.03. The van der Waals surface area contributed by atoms with E-state index in [4.69, 9.17) is 15.2 Å². The summed E-state index contributed by atoms with van der Waals surface area (Å²) in [4.78, 5) is 10.4. The monoisotopic (exact) mass is 268 g/mol. The quantitative estimate of drug-likeness (QED) is 0.615. The van der Waals surface area contributed by atoms with Crippen LogP contribution in [-0.4, -0.2) is 28.8 Å². The van der Waals surface area contributed by atoms with Crippen LogP contribution in [-0.2, 0) is 0 Å². The molecule has 0 aliphatic carbocycles. The van der Waals surface area contributed by atoms with E-state index in [1.165, 1.54) is 19.2 Å². The maximum atomic E-state index is 11.0. The lowest BCUT2D eigenvalue weighted by molar-refractivity contribution is -0.385. The minimum atomic E-state index is -0.911. The first kappa shape index (κ1) is 13.6. The van der Waals surface area contributed by atoms with Crippen molar-refractivity contribution in [3.8, 4) is 11.5 Å². The maximum absolute atomic E-state index is 11.0. The highest BCUT2D eigenvalue weighted by Gasteiger charge is 2.42. The third kappa shape index (κ3) is 2.11. The predicted molar refractivity (Wildman–Crippen MR) is 67.3 cm³/mol. The Balaban J connectivity index is 2.60. The maximum Gasteiger partial charge on any atom is 0.314 e. The molecule has 0 spiro atoms. The summed E-state index contributed by atoms with van der Waals surface area (Å²) in [5.74, 6) is 0.394. The molecule has 104 valence electrons. The molecule has 0 radical (unpaired) electrons. The van der Waals surface area contributed by atoms with Crippen LogP contribution in [0.1, 0.15) is 25.5 Å². The van der Waals surface area contributed by atoms with Crippen LogP contribution < -0.4 is 15.2 Å². The van der Waals surface area contributed by atoms with Gasteiger partial charge in [0.15, 0.2) is 5.75 Å². The summed E-state index contributed by atoms with van der Waals surface area (Å²) in [5, 5.41) is 21.0. The Morgan fingerprint density at radius 1 is 1.53 bits per heavy atom. The molecule has 1 aliphatic rings. The zero-order chi connectivity index (χ0) is 14.4. The molecular formula is C12H16N2O5. The van der Waals surface area contributed by atoms with Crippen LogP contribution in [0.5, 0.6) is 11.5 Å². The number of nitrogens with two attached hydrogens (primary N) is 1. The number of hydrogen-bond donors (Lipinski definition) is 2. The van der Waals surface area contributed by atoms with Crippen LogP contribution in [0.4, 0.5) is 5.69 Å². The number of benzene rings is 1. The summed E-state index contributed by atoms with van der Waals surface area (Å²) >= 11 is 0. The fraction of sp³-hybridized carbons (Fsp3) is 0.500. The van der Waals surface area contributed by atoms with E-state index in [2.05, 4.69) is 0 Å². The Morgan fingerprint density at radius 3 is 2.68 bits per heavy atom. The van der Waals surface area contributed by atoms with E-state index >= 15 is 0 Å². The van der Waals surface area contributed by atoms with Crippen LogP contribution in [0.25, 0.3) is 0 Å². The van der Waals surface area contributed by atoms with Gasteiger partial charge in [0, 0.05) is 5.56 Å². The van der Waals surface area contributed by atoms with Crippen molar-refractivity contribution in [3.05, 3.63) is 27.8 Å². The van der Waals surface area contributed by atoms with Gasteiger partial charge in [-0.25, -0.2) is 0 Å². The van der Waals surface area contributed by atoms with Crippen LogP contribution in [0, 0.1) is 10.1 Å². The second-order valence-electron chi connectivity index (χ2n) is 5.00. The van der Waals surface area contributed by atoms with Gasteiger partial charge in [0.2, 0.25) is 0 Å². The Bertz CT molecular complexity index is 529. The molecule has 7 nitrogen and oxygen atoms in total. The topological polar surface area (TPSA) is 108 Å². The minimum Gasteiger partial charge on any atom is -0.490 e. The average molecular weight is 268 g/mol. The van der Waals surface area contributed by atoms with Crippen LogP contribution in [0.2, 0.25) is 0 Å². The molecule has 1 unspecified atom stereocenters. The summed E-state index contributed by atoms with van der Waals surface area (Å²) in [6.45, 7) is 3.35. The minimum absolute atomic E-state index is 0.0923. The molecule has 7 heteroatoms. The van der Waals surface area contributed by atoms with Crippen LogP contribution >= 0.6 is 0 Å². The third-order valence-electron chi connectivity index (χ3n) is 3.29. The molecule has 19 heavy (non-hydrogen) atoms. The van der Waals surface area contributed by atoms with Gasteiger partial charge in [0.05, 0.1) is 24.1 Å². The predicted octanol–water partition coefficient (Wildman–Crippen LogP) is 1.14. The van der Waals surface area contributed by atoms with Crippen molar-refractivity contribution in [2.45, 2.75) is 31.6 Å². The largest absolute Gasteiger partial charge is 0.490 e. The highest BCUT2D eigenvalue weighted by molar-refractivity contribution is 5.57. The highest BCUT2D eigenvalue weighted by Crippen LogP contribution is 2.43. The molecule has 0 amide bonds. The molecule has 0 fully saturated rings. The summed E-state index contributed by atoms with van der Waals surface area (Å²) < 4.78 is 10.6. The molecule has 1 aliphatic heterocycles. The normalized spacial score (nSPS) is 24.3.